The Bertz CT molecular complexity index is 994. The number of hydrogen-bond acceptors (Lipinski definition) is 7. The lowest BCUT2D eigenvalue weighted by Gasteiger charge is -2.25. The number of furan rings is 1. The van der Waals surface area contributed by atoms with Gasteiger partial charge in [-0.3, -0.25) is 9.69 Å². The number of thiocarbonyl (C=S) groups is 1. The zero-order valence-corrected chi connectivity index (χ0v) is 17.4. The molecule has 1 aromatic heterocycles. The molecule has 2 aromatic rings. The summed E-state index contributed by atoms with van der Waals surface area (Å²) in [6, 6.07) is 9.56. The Balaban J connectivity index is 1.30. The van der Waals surface area contributed by atoms with Gasteiger partial charge in [0.05, 0.1) is 11.4 Å². The number of anilines is 1. The molecule has 0 N–H and O–H groups in total. The van der Waals surface area contributed by atoms with E-state index in [4.69, 9.17) is 26.1 Å². The van der Waals surface area contributed by atoms with Crippen molar-refractivity contribution < 1.29 is 18.7 Å². The number of hydrogen-bond donors (Lipinski definition) is 0. The molecule has 5 rings (SSSR count). The van der Waals surface area contributed by atoms with Gasteiger partial charge < -0.3 is 18.8 Å². The van der Waals surface area contributed by atoms with Crippen molar-refractivity contribution in [2.24, 2.45) is 0 Å². The van der Waals surface area contributed by atoms with Crippen LogP contribution in [-0.2, 0) is 11.3 Å². The number of carbonyl (C=O) groups is 1. The van der Waals surface area contributed by atoms with E-state index in [1.54, 1.807) is 11.0 Å². The van der Waals surface area contributed by atoms with Crippen molar-refractivity contribution in [1.29, 1.82) is 0 Å². The van der Waals surface area contributed by atoms with Gasteiger partial charge in [0.2, 0.25) is 6.79 Å². The first-order valence-electron chi connectivity index (χ1n) is 9.66. The molecule has 1 aromatic carbocycles. The van der Waals surface area contributed by atoms with E-state index < -0.39 is 0 Å². The minimum absolute atomic E-state index is 0.103. The summed E-state index contributed by atoms with van der Waals surface area (Å²) in [5.74, 6) is 2.86. The zero-order chi connectivity index (χ0) is 19.8. The Morgan fingerprint density at radius 2 is 1.90 bits per heavy atom. The van der Waals surface area contributed by atoms with Crippen LogP contribution in [0.25, 0.3) is 6.08 Å². The number of rotatable bonds is 4. The lowest BCUT2D eigenvalue weighted by molar-refractivity contribution is -0.122. The molecule has 0 atom stereocenters. The lowest BCUT2D eigenvalue weighted by Crippen LogP contribution is -2.28. The zero-order valence-electron chi connectivity index (χ0n) is 15.8. The van der Waals surface area contributed by atoms with Gasteiger partial charge in [-0.1, -0.05) is 30.0 Å². The van der Waals surface area contributed by atoms with E-state index in [0.29, 0.717) is 27.3 Å². The number of ether oxygens (including phenoxy) is 2. The van der Waals surface area contributed by atoms with Crippen LogP contribution < -0.4 is 14.4 Å². The van der Waals surface area contributed by atoms with Gasteiger partial charge in [-0.2, -0.15) is 0 Å². The number of carbonyl (C=O) groups excluding carboxylic acids is 1. The van der Waals surface area contributed by atoms with Crippen molar-refractivity contribution in [1.82, 2.24) is 4.90 Å². The SMILES string of the molecule is O=C1/C(=C\c2ccc(N3CCCCC3)o2)SC(=S)N1Cc1ccc2c(c1)OCO2. The van der Waals surface area contributed by atoms with Gasteiger partial charge in [0.15, 0.2) is 17.4 Å². The number of amides is 1. The third-order valence-electron chi connectivity index (χ3n) is 5.20. The van der Waals surface area contributed by atoms with Crippen molar-refractivity contribution in [3.63, 3.8) is 0 Å². The highest BCUT2D eigenvalue weighted by Crippen LogP contribution is 2.37. The fraction of sp³-hybridized carbons (Fsp3) is 0.333. The van der Waals surface area contributed by atoms with Crippen molar-refractivity contribution in [3.05, 3.63) is 46.6 Å². The van der Waals surface area contributed by atoms with Gasteiger partial charge in [-0.05, 0) is 43.0 Å². The topological polar surface area (TPSA) is 55.2 Å². The maximum Gasteiger partial charge on any atom is 0.266 e. The average Bonchev–Trinajstić information content (AvgIpc) is 3.45. The van der Waals surface area contributed by atoms with E-state index in [2.05, 4.69) is 4.90 Å². The highest BCUT2D eigenvalue weighted by Gasteiger charge is 2.32. The summed E-state index contributed by atoms with van der Waals surface area (Å²) in [5.41, 5.74) is 0.942. The van der Waals surface area contributed by atoms with Crippen LogP contribution in [0.4, 0.5) is 5.88 Å². The minimum Gasteiger partial charge on any atom is -0.454 e. The van der Waals surface area contributed by atoms with Crippen LogP contribution in [0.15, 0.2) is 39.7 Å². The van der Waals surface area contributed by atoms with Crippen molar-refractivity contribution >= 4 is 46.2 Å². The predicted octanol–water partition coefficient (Wildman–Crippen LogP) is 4.40. The summed E-state index contributed by atoms with van der Waals surface area (Å²) in [6.45, 7) is 2.66. The van der Waals surface area contributed by atoms with Gasteiger partial charge in [0.25, 0.3) is 5.91 Å². The Hall–Kier alpha value is -2.45. The van der Waals surface area contributed by atoms with Gasteiger partial charge in [-0.15, -0.1) is 0 Å². The van der Waals surface area contributed by atoms with Crippen LogP contribution in [0.1, 0.15) is 30.6 Å². The predicted molar refractivity (Wildman–Crippen MR) is 116 cm³/mol. The molecule has 1 amide bonds. The van der Waals surface area contributed by atoms with Crippen LogP contribution in [0.2, 0.25) is 0 Å². The summed E-state index contributed by atoms with van der Waals surface area (Å²) in [4.78, 5) is 17.4. The Kier molecular flexibility index (Phi) is 4.97. The maximum atomic E-state index is 12.9. The largest absolute Gasteiger partial charge is 0.454 e. The van der Waals surface area contributed by atoms with Crippen molar-refractivity contribution in [2.45, 2.75) is 25.8 Å². The highest BCUT2D eigenvalue weighted by atomic mass is 32.2. The molecule has 8 heteroatoms. The third kappa shape index (κ3) is 3.74. The van der Waals surface area contributed by atoms with E-state index in [9.17, 15) is 4.79 Å². The van der Waals surface area contributed by atoms with Gasteiger partial charge >= 0.3 is 0 Å². The molecule has 0 saturated carbocycles. The number of thioether (sulfide) groups is 1. The molecule has 0 bridgehead atoms. The van der Waals surface area contributed by atoms with Crippen molar-refractivity contribution in [2.75, 3.05) is 24.8 Å². The smallest absolute Gasteiger partial charge is 0.266 e. The molecule has 2 fully saturated rings. The maximum absolute atomic E-state index is 12.9. The summed E-state index contributed by atoms with van der Waals surface area (Å²) in [6.07, 6.45) is 5.44. The first-order chi connectivity index (χ1) is 14.2. The Morgan fingerprint density at radius 3 is 2.76 bits per heavy atom. The molecule has 0 spiro atoms. The van der Waals surface area contributed by atoms with Gasteiger partial charge in [0, 0.05) is 25.2 Å². The van der Waals surface area contributed by atoms with E-state index >= 15 is 0 Å². The molecule has 3 aliphatic rings. The third-order valence-corrected chi connectivity index (χ3v) is 6.58. The first kappa shape index (κ1) is 18.6. The van der Waals surface area contributed by atoms with E-state index in [1.807, 2.05) is 30.3 Å². The van der Waals surface area contributed by atoms with Crippen molar-refractivity contribution in [3.8, 4) is 11.5 Å². The summed E-state index contributed by atoms with van der Waals surface area (Å²) < 4.78 is 17.3. The highest BCUT2D eigenvalue weighted by molar-refractivity contribution is 8.26. The Labute approximate surface area is 178 Å². The normalized spacial score (nSPS) is 20.2. The molecule has 29 heavy (non-hydrogen) atoms. The number of benzene rings is 1. The Morgan fingerprint density at radius 1 is 1.07 bits per heavy atom. The van der Waals surface area contributed by atoms with E-state index in [-0.39, 0.29) is 12.7 Å². The fourth-order valence-electron chi connectivity index (χ4n) is 3.69. The number of piperidine rings is 1. The van der Waals surface area contributed by atoms with Gasteiger partial charge in [0.1, 0.15) is 10.1 Å². The van der Waals surface area contributed by atoms with Crippen LogP contribution >= 0.6 is 24.0 Å². The summed E-state index contributed by atoms with van der Waals surface area (Å²) in [5, 5.41) is 0. The molecule has 0 radical (unpaired) electrons. The second-order valence-electron chi connectivity index (χ2n) is 7.18. The molecule has 4 heterocycles. The second-order valence-corrected chi connectivity index (χ2v) is 8.85. The van der Waals surface area contributed by atoms with Crippen LogP contribution in [0.3, 0.4) is 0 Å². The average molecular weight is 429 g/mol. The van der Waals surface area contributed by atoms with E-state index in [1.165, 1.54) is 31.0 Å². The minimum atomic E-state index is -0.103. The van der Waals surface area contributed by atoms with Gasteiger partial charge in [-0.25, -0.2) is 0 Å². The lowest BCUT2D eigenvalue weighted by atomic mass is 10.1. The molecule has 150 valence electrons. The number of nitrogens with zero attached hydrogens (tertiary/aromatic N) is 2. The second kappa shape index (κ2) is 7.76. The first-order valence-corrected chi connectivity index (χ1v) is 10.9. The molecule has 3 aliphatic heterocycles. The summed E-state index contributed by atoms with van der Waals surface area (Å²) in [7, 11) is 0. The molecule has 6 nitrogen and oxygen atoms in total. The fourth-order valence-corrected chi connectivity index (χ4v) is 4.93. The quantitative estimate of drug-likeness (QED) is 0.528. The molecule has 0 unspecified atom stereocenters. The monoisotopic (exact) mass is 428 g/mol. The molecule has 2 saturated heterocycles. The standard InChI is InChI=1S/C21H20N2O4S2/c24-20-18(11-15-5-7-19(27-15)22-8-2-1-3-9-22)29-21(28)23(20)12-14-4-6-16-17(10-14)26-13-25-16/h4-7,10-11H,1-3,8-9,12-13H2/b18-11+. The summed E-state index contributed by atoms with van der Waals surface area (Å²) >= 11 is 6.75. The van der Waals surface area contributed by atoms with Crippen LogP contribution in [-0.4, -0.2) is 35.0 Å². The van der Waals surface area contributed by atoms with E-state index in [0.717, 1.165) is 30.3 Å². The van der Waals surface area contributed by atoms with Crippen LogP contribution in [0, 0.1) is 0 Å². The molecule has 0 aliphatic carbocycles. The van der Waals surface area contributed by atoms with Crippen LogP contribution in [0.5, 0.6) is 11.5 Å². The molecular weight excluding hydrogens is 408 g/mol. The number of fused-ring (bicyclic) bond motifs is 1. The molecular formula is C21H20N2O4S2.